The lowest BCUT2D eigenvalue weighted by Crippen LogP contribution is -2.30. The fourth-order valence-corrected chi connectivity index (χ4v) is 14.2. The number of aliphatic hydroxyl groups is 2. The molecule has 0 radical (unpaired) electrons. The van der Waals surface area contributed by atoms with E-state index in [4.69, 9.17) is 32.3 Å². The first kappa shape index (κ1) is 110. The molecule has 5 unspecified atom stereocenters. The zero-order valence-electron chi connectivity index (χ0n) is 72.9. The van der Waals surface area contributed by atoms with Crippen LogP contribution >= 0.6 is 15.6 Å². The first-order valence-electron chi connectivity index (χ1n) is 46.1. The summed E-state index contributed by atoms with van der Waals surface area (Å²) in [5, 5.41) is 20.7. The molecule has 0 saturated carbocycles. The van der Waals surface area contributed by atoms with Crippen LogP contribution < -0.4 is 0 Å². The van der Waals surface area contributed by atoms with Crippen molar-refractivity contribution in [3.05, 3.63) is 146 Å². The highest BCUT2D eigenvalue weighted by molar-refractivity contribution is 7.47. The average molecular weight is 1650 g/mol. The van der Waals surface area contributed by atoms with Crippen LogP contribution in [0.1, 0.15) is 393 Å². The van der Waals surface area contributed by atoms with Gasteiger partial charge >= 0.3 is 33.6 Å². The number of ether oxygens (including phenoxy) is 3. The van der Waals surface area contributed by atoms with Gasteiger partial charge in [0.2, 0.25) is 0 Å². The summed E-state index contributed by atoms with van der Waals surface area (Å²) in [6, 6.07) is 0. The molecule has 5 atom stereocenters. The van der Waals surface area contributed by atoms with Gasteiger partial charge in [-0.25, -0.2) is 9.13 Å². The first-order valence-corrected chi connectivity index (χ1v) is 49.1. The number of hydrogen-bond acceptors (Lipinski definition) is 14. The molecule has 0 aliphatic rings. The molecule has 0 aromatic heterocycles. The third kappa shape index (κ3) is 90.0. The summed E-state index contributed by atoms with van der Waals surface area (Å²) in [7, 11) is -9.80. The van der Waals surface area contributed by atoms with Crippen LogP contribution in [-0.4, -0.2) is 95.9 Å². The van der Waals surface area contributed by atoms with Crippen molar-refractivity contribution in [1.29, 1.82) is 0 Å². The molecule has 115 heavy (non-hydrogen) atoms. The van der Waals surface area contributed by atoms with Crippen LogP contribution in [0, 0.1) is 0 Å². The van der Waals surface area contributed by atoms with Gasteiger partial charge in [0.15, 0.2) is 6.10 Å². The molecule has 0 aliphatic carbocycles. The normalized spacial score (nSPS) is 14.5. The van der Waals surface area contributed by atoms with Gasteiger partial charge in [-0.15, -0.1) is 0 Å². The number of rotatable bonds is 87. The third-order valence-corrected chi connectivity index (χ3v) is 21.5. The van der Waals surface area contributed by atoms with Crippen LogP contribution in [0.4, 0.5) is 0 Å². The van der Waals surface area contributed by atoms with E-state index in [1.165, 1.54) is 180 Å². The Morgan fingerprint density at radius 2 is 0.461 bits per heavy atom. The number of phosphoric acid groups is 2. The van der Waals surface area contributed by atoms with E-state index in [-0.39, 0.29) is 19.3 Å². The molecule has 0 aromatic carbocycles. The summed E-state index contributed by atoms with van der Waals surface area (Å²) < 4.78 is 61.4. The molecule has 18 heteroatoms. The Balaban J connectivity index is 4.44. The Kier molecular flexibility index (Phi) is 85.2. The van der Waals surface area contributed by atoms with Gasteiger partial charge in [0.05, 0.1) is 26.4 Å². The smallest absolute Gasteiger partial charge is 0.463 e. The van der Waals surface area contributed by atoms with Crippen molar-refractivity contribution in [2.24, 2.45) is 0 Å². The molecule has 0 heterocycles. The molecule has 0 aliphatic heterocycles. The van der Waals surface area contributed by atoms with E-state index in [9.17, 15) is 43.5 Å². The van der Waals surface area contributed by atoms with E-state index in [1.807, 2.05) is 0 Å². The maximum absolute atomic E-state index is 13.0. The molecule has 0 bridgehead atoms. The maximum atomic E-state index is 13.0. The molecule has 662 valence electrons. The number of esters is 3. The summed E-state index contributed by atoms with van der Waals surface area (Å²) in [6.07, 6.45) is 112. The van der Waals surface area contributed by atoms with Crippen molar-refractivity contribution in [3.63, 3.8) is 0 Å². The number of carbonyl (C=O) groups excluding carboxylic acids is 3. The number of phosphoric ester groups is 2. The summed E-state index contributed by atoms with van der Waals surface area (Å²) in [4.78, 5) is 58.9. The van der Waals surface area contributed by atoms with Crippen molar-refractivity contribution in [2.75, 3.05) is 39.6 Å². The van der Waals surface area contributed by atoms with Gasteiger partial charge < -0.3 is 34.2 Å². The van der Waals surface area contributed by atoms with E-state index < -0.39 is 91.5 Å². The quantitative estimate of drug-likeness (QED) is 0.0146. The average Bonchev–Trinajstić information content (AvgIpc) is 0.902. The highest BCUT2D eigenvalue weighted by Gasteiger charge is 2.29. The minimum Gasteiger partial charge on any atom is -0.463 e. The topological polar surface area (TPSA) is 231 Å². The molecule has 0 amide bonds. The van der Waals surface area contributed by atoms with Gasteiger partial charge in [0.1, 0.15) is 25.4 Å². The van der Waals surface area contributed by atoms with E-state index in [2.05, 4.69) is 167 Å². The lowest BCUT2D eigenvalue weighted by molar-refractivity contribution is -0.161. The summed E-state index contributed by atoms with van der Waals surface area (Å²) in [6.45, 7) is 2.51. The molecule has 0 aromatic rings. The first-order chi connectivity index (χ1) is 56.2. The number of hydrogen-bond donors (Lipinski definition) is 4. The zero-order chi connectivity index (χ0) is 83.6. The summed E-state index contributed by atoms with van der Waals surface area (Å²) in [5.41, 5.74) is 0. The predicted octanol–water partition coefficient (Wildman–Crippen LogP) is 28.3. The van der Waals surface area contributed by atoms with Crippen molar-refractivity contribution in [3.8, 4) is 0 Å². The van der Waals surface area contributed by atoms with Gasteiger partial charge in [-0.05, 0) is 122 Å². The standard InChI is InChI=1S/C97H168O16P2/c1-4-7-10-13-16-19-22-25-28-30-32-34-36-38-40-42-43-44-45-46-47-49-51-52-54-56-58-60-63-65-68-71-74-77-80-83-95(100)107-86-92(98)87-109-114(103,104)110-88-93(99)89-111-115(105,106)112-91-94(113-97(102)85-82-79-76-73-70-67-62-27-24-21-18-15-12-9-6-3)90-108-96(101)84-81-78-75-72-69-66-64-61-59-57-55-53-50-48-41-39-37-35-33-31-29-26-23-20-17-14-11-8-5-2/h7-8,10-11,16-17,19-20,25-26,28-29,32-35,38-41,43-44,50,53,92-94,98-99H,4-6,9,12-15,18,21-24,27,30-31,36-37,42,45-49,51-52,54-91H2,1-3H3,(H,103,104)(H,105,106)/b10-7-,11-8-,19-16-,20-17-,28-25-,29-26-,34-32-,35-33-,40-38-,41-39-,44-43-,53-50-. The van der Waals surface area contributed by atoms with Crippen molar-refractivity contribution in [2.45, 2.75) is 411 Å². The van der Waals surface area contributed by atoms with E-state index in [0.717, 1.165) is 154 Å². The molecule has 0 fully saturated rings. The largest absolute Gasteiger partial charge is 0.472 e. The number of carbonyl (C=O) groups is 3. The Morgan fingerprint density at radius 3 is 0.730 bits per heavy atom. The maximum Gasteiger partial charge on any atom is 0.472 e. The van der Waals surface area contributed by atoms with E-state index >= 15 is 0 Å². The second kappa shape index (κ2) is 88.7. The van der Waals surface area contributed by atoms with Crippen LogP contribution in [-0.2, 0) is 55.8 Å². The molecule has 0 spiro atoms. The van der Waals surface area contributed by atoms with Crippen LogP contribution in [0.5, 0.6) is 0 Å². The second-order valence-corrected chi connectivity index (χ2v) is 33.6. The second-order valence-electron chi connectivity index (χ2n) is 30.7. The number of unbranched alkanes of at least 4 members (excludes halogenated alkanes) is 40. The van der Waals surface area contributed by atoms with Crippen molar-refractivity contribution < 1.29 is 75.8 Å². The fraction of sp³-hybridized carbons (Fsp3) is 0.722. The fourth-order valence-electron chi connectivity index (χ4n) is 12.6. The minimum absolute atomic E-state index is 0.106. The van der Waals surface area contributed by atoms with Crippen molar-refractivity contribution >= 4 is 33.6 Å². The van der Waals surface area contributed by atoms with Crippen LogP contribution in [0.2, 0.25) is 0 Å². The predicted molar refractivity (Wildman–Crippen MR) is 482 cm³/mol. The lowest BCUT2D eigenvalue weighted by Gasteiger charge is -2.21. The Bertz CT molecular complexity index is 2670. The van der Waals surface area contributed by atoms with Gasteiger partial charge in [-0.2, -0.15) is 0 Å². The van der Waals surface area contributed by atoms with Crippen LogP contribution in [0.25, 0.3) is 0 Å². The molecule has 0 rings (SSSR count). The highest BCUT2D eigenvalue weighted by atomic mass is 31.2. The lowest BCUT2D eigenvalue weighted by atomic mass is 10.0. The van der Waals surface area contributed by atoms with Crippen LogP contribution in [0.15, 0.2) is 146 Å². The molecule has 4 N–H and O–H groups in total. The Morgan fingerprint density at radius 1 is 0.252 bits per heavy atom. The monoisotopic (exact) mass is 1650 g/mol. The third-order valence-electron chi connectivity index (χ3n) is 19.6. The summed E-state index contributed by atoms with van der Waals surface area (Å²) >= 11 is 0. The molecular formula is C97H168O16P2. The van der Waals surface area contributed by atoms with E-state index in [0.29, 0.717) is 19.3 Å². The van der Waals surface area contributed by atoms with Gasteiger partial charge in [0, 0.05) is 19.3 Å². The zero-order valence-corrected chi connectivity index (χ0v) is 74.7. The van der Waals surface area contributed by atoms with Gasteiger partial charge in [-0.1, -0.05) is 398 Å². The minimum atomic E-state index is -4.94. The molecule has 16 nitrogen and oxygen atoms in total. The number of allylic oxidation sites excluding steroid dienone is 24. The Hall–Kier alpha value is -4.57. The van der Waals surface area contributed by atoms with Gasteiger partial charge in [0.25, 0.3) is 0 Å². The van der Waals surface area contributed by atoms with Gasteiger partial charge in [-0.3, -0.25) is 32.5 Å². The molecular weight excluding hydrogens is 1480 g/mol. The highest BCUT2D eigenvalue weighted by Crippen LogP contribution is 2.45. The number of aliphatic hydroxyl groups excluding tert-OH is 2. The SMILES string of the molecule is CC/C=C\C/C=C\C/C=C\C/C=C\C/C=C\C/C=C\CCCCCCCCCCCCCCCCCCC(=O)OCC(O)COP(=O)(O)OCC(O)COP(=O)(O)OCC(COC(=O)CCCCCCCCCCCC/C=C\C/C=C\C/C=C\C/C=C\C/C=C\C/C=C\CC)OC(=O)CCCCCCCCCCCCCCCCC. The van der Waals surface area contributed by atoms with E-state index in [1.54, 1.807) is 0 Å². The Labute approximate surface area is 702 Å². The van der Waals surface area contributed by atoms with Crippen molar-refractivity contribution in [1.82, 2.24) is 0 Å². The molecule has 0 saturated heterocycles. The summed E-state index contributed by atoms with van der Waals surface area (Å²) in [5.74, 6) is -1.56. The van der Waals surface area contributed by atoms with Crippen LogP contribution in [0.3, 0.4) is 0 Å².